The van der Waals surface area contributed by atoms with Crippen molar-refractivity contribution in [1.82, 2.24) is 24.7 Å². The maximum atomic E-state index is 5.99. The Labute approximate surface area is 208 Å². The lowest BCUT2D eigenvalue weighted by Crippen LogP contribution is -2.37. The van der Waals surface area contributed by atoms with E-state index in [4.69, 9.17) is 26.7 Å². The average Bonchev–Trinajstić information content (AvgIpc) is 3.56. The molecule has 0 saturated carbocycles. The summed E-state index contributed by atoms with van der Waals surface area (Å²) in [7, 11) is 0. The Morgan fingerprint density at radius 3 is 2.74 bits per heavy atom. The van der Waals surface area contributed by atoms with Crippen LogP contribution in [0.15, 0.2) is 30.5 Å². The lowest BCUT2D eigenvalue weighted by atomic mass is 9.96. The van der Waals surface area contributed by atoms with E-state index in [0.29, 0.717) is 0 Å². The van der Waals surface area contributed by atoms with Gasteiger partial charge in [-0.05, 0) is 69.1 Å². The number of rotatable bonds is 8. The highest BCUT2D eigenvalue weighted by molar-refractivity contribution is 7.80. The smallest absolute Gasteiger partial charge is 0.170 e. The van der Waals surface area contributed by atoms with Gasteiger partial charge in [-0.2, -0.15) is 0 Å². The van der Waals surface area contributed by atoms with Crippen molar-refractivity contribution < 1.29 is 9.47 Å². The molecule has 1 N–H and O–H groups in total. The number of nitrogens with zero attached hydrogens (tertiary/aromatic N) is 4. The van der Waals surface area contributed by atoms with Gasteiger partial charge in [-0.15, -0.1) is 0 Å². The van der Waals surface area contributed by atoms with E-state index in [1.165, 1.54) is 17.0 Å². The van der Waals surface area contributed by atoms with Gasteiger partial charge in [0, 0.05) is 56.9 Å². The molecule has 3 aliphatic rings. The Morgan fingerprint density at radius 2 is 2.00 bits per heavy atom. The number of morpholine rings is 1. The Bertz CT molecular complexity index is 969. The summed E-state index contributed by atoms with van der Waals surface area (Å²) < 4.78 is 14.0. The molecule has 3 aliphatic heterocycles. The molecular formula is C26H37N5O2S. The summed E-state index contributed by atoms with van der Waals surface area (Å²) in [6.45, 7) is 12.1. The van der Waals surface area contributed by atoms with Gasteiger partial charge < -0.3 is 24.3 Å². The number of ether oxygens (including phenoxy) is 2. The van der Waals surface area contributed by atoms with Crippen molar-refractivity contribution in [2.24, 2.45) is 0 Å². The molecule has 3 atom stereocenters. The van der Waals surface area contributed by atoms with E-state index in [-0.39, 0.29) is 18.2 Å². The Hall–Kier alpha value is -2.00. The predicted octanol–water partition coefficient (Wildman–Crippen LogP) is 3.37. The molecule has 0 unspecified atom stereocenters. The maximum Gasteiger partial charge on any atom is 0.170 e. The normalized spacial score (nSPS) is 25.8. The predicted molar refractivity (Wildman–Crippen MR) is 137 cm³/mol. The summed E-state index contributed by atoms with van der Waals surface area (Å²) in [5, 5.41) is 4.40. The second kappa shape index (κ2) is 10.7. The van der Waals surface area contributed by atoms with Crippen LogP contribution in [-0.2, 0) is 16.0 Å². The zero-order valence-electron chi connectivity index (χ0n) is 20.4. The Morgan fingerprint density at radius 1 is 1.15 bits per heavy atom. The van der Waals surface area contributed by atoms with Gasteiger partial charge in [0.2, 0.25) is 0 Å². The first-order chi connectivity index (χ1) is 16.6. The van der Waals surface area contributed by atoms with Crippen molar-refractivity contribution in [3.05, 3.63) is 53.1 Å². The molecule has 0 aliphatic carbocycles. The van der Waals surface area contributed by atoms with E-state index >= 15 is 0 Å². The second-order valence-corrected chi connectivity index (χ2v) is 10.1. The van der Waals surface area contributed by atoms with Gasteiger partial charge in [0.1, 0.15) is 0 Å². The first-order valence-electron chi connectivity index (χ1n) is 12.7. The molecule has 0 amide bonds. The molecule has 2 aromatic rings. The number of aromatic nitrogens is 2. The van der Waals surface area contributed by atoms with Crippen molar-refractivity contribution in [2.75, 3.05) is 46.0 Å². The highest BCUT2D eigenvalue weighted by atomic mass is 32.1. The monoisotopic (exact) mass is 483 g/mol. The molecule has 5 heterocycles. The third kappa shape index (κ3) is 5.00. The van der Waals surface area contributed by atoms with E-state index < -0.39 is 0 Å². The third-order valence-corrected chi connectivity index (χ3v) is 7.87. The minimum absolute atomic E-state index is 0.0254. The summed E-state index contributed by atoms with van der Waals surface area (Å²) in [5.41, 5.74) is 5.00. The fraction of sp³-hybridized carbons (Fsp3) is 0.615. The first-order valence-corrected chi connectivity index (χ1v) is 13.1. The Kier molecular flexibility index (Phi) is 7.49. The summed E-state index contributed by atoms with van der Waals surface area (Å²) >= 11 is 5.86. The van der Waals surface area contributed by atoms with E-state index in [1.807, 2.05) is 12.3 Å². The van der Waals surface area contributed by atoms with Crippen LogP contribution in [-0.4, -0.2) is 76.6 Å². The number of pyridine rings is 1. The van der Waals surface area contributed by atoms with Crippen LogP contribution in [0.3, 0.4) is 0 Å². The Balaban J connectivity index is 1.39. The molecule has 7 nitrogen and oxygen atoms in total. The van der Waals surface area contributed by atoms with Crippen LogP contribution < -0.4 is 5.32 Å². The van der Waals surface area contributed by atoms with Gasteiger partial charge in [-0.1, -0.05) is 6.07 Å². The highest BCUT2D eigenvalue weighted by Crippen LogP contribution is 2.41. The van der Waals surface area contributed by atoms with Crippen molar-refractivity contribution in [3.8, 4) is 0 Å². The molecule has 0 spiro atoms. The van der Waals surface area contributed by atoms with Crippen molar-refractivity contribution in [1.29, 1.82) is 0 Å². The third-order valence-electron chi connectivity index (χ3n) is 7.51. The average molecular weight is 484 g/mol. The molecular weight excluding hydrogens is 446 g/mol. The molecule has 5 rings (SSSR count). The van der Waals surface area contributed by atoms with Crippen molar-refractivity contribution in [3.63, 3.8) is 0 Å². The molecule has 2 aromatic heterocycles. The molecule has 0 radical (unpaired) electrons. The molecule has 184 valence electrons. The van der Waals surface area contributed by atoms with E-state index in [0.717, 1.165) is 82.6 Å². The van der Waals surface area contributed by atoms with Crippen LogP contribution in [0.1, 0.15) is 54.0 Å². The maximum absolute atomic E-state index is 5.99. The zero-order chi connectivity index (χ0) is 23.5. The molecule has 0 aromatic carbocycles. The SMILES string of the molecule is Cc1cc([C@@H]2[C@@H](c3ccccn3)NC(=S)N2C[C@H]2CCCO2)c(C)n1CCCN1CCOCC1. The van der Waals surface area contributed by atoms with Gasteiger partial charge in [-0.3, -0.25) is 9.88 Å². The molecule has 3 fully saturated rings. The molecule has 34 heavy (non-hydrogen) atoms. The van der Waals surface area contributed by atoms with Crippen molar-refractivity contribution >= 4 is 17.3 Å². The lowest BCUT2D eigenvalue weighted by molar-refractivity contribution is 0.0369. The van der Waals surface area contributed by atoms with E-state index in [2.05, 4.69) is 51.7 Å². The van der Waals surface area contributed by atoms with Crippen LogP contribution in [0, 0.1) is 13.8 Å². The van der Waals surface area contributed by atoms with Crippen LogP contribution in [0.4, 0.5) is 0 Å². The van der Waals surface area contributed by atoms with Crippen LogP contribution >= 0.6 is 12.2 Å². The van der Waals surface area contributed by atoms with Crippen LogP contribution in [0.2, 0.25) is 0 Å². The second-order valence-electron chi connectivity index (χ2n) is 9.70. The number of hydrogen-bond acceptors (Lipinski definition) is 5. The lowest BCUT2D eigenvalue weighted by Gasteiger charge is -2.30. The number of nitrogens with one attached hydrogen (secondary N) is 1. The summed E-state index contributed by atoms with van der Waals surface area (Å²) in [5.74, 6) is 0. The van der Waals surface area contributed by atoms with E-state index in [9.17, 15) is 0 Å². The number of thiocarbonyl (C=S) groups is 1. The number of hydrogen-bond donors (Lipinski definition) is 1. The zero-order valence-corrected chi connectivity index (χ0v) is 21.2. The van der Waals surface area contributed by atoms with Crippen LogP contribution in [0.5, 0.6) is 0 Å². The topological polar surface area (TPSA) is 54.8 Å². The minimum Gasteiger partial charge on any atom is -0.379 e. The van der Waals surface area contributed by atoms with Gasteiger partial charge >= 0.3 is 0 Å². The summed E-state index contributed by atoms with van der Waals surface area (Å²) in [4.78, 5) is 9.56. The standard InChI is InChI=1S/C26H37N5O2S/c1-19-17-22(20(2)30(19)11-6-10-29-12-15-32-16-13-29)25-24(23-8-3-4-9-27-23)28-26(34)31(25)18-21-7-5-14-33-21/h3-4,8-9,17,21,24-25H,5-7,10-16,18H2,1-2H3,(H,28,34)/t21-,24-,25-/m1/s1. The molecule has 0 bridgehead atoms. The molecule has 3 saturated heterocycles. The van der Waals surface area contributed by atoms with Gasteiger partial charge in [0.15, 0.2) is 5.11 Å². The van der Waals surface area contributed by atoms with Gasteiger partial charge in [0.05, 0.1) is 37.1 Å². The fourth-order valence-corrected chi connectivity index (χ4v) is 6.01. The van der Waals surface area contributed by atoms with Crippen LogP contribution in [0.25, 0.3) is 0 Å². The summed E-state index contributed by atoms with van der Waals surface area (Å²) in [6, 6.07) is 8.62. The van der Waals surface area contributed by atoms with E-state index in [1.54, 1.807) is 0 Å². The highest BCUT2D eigenvalue weighted by Gasteiger charge is 2.42. The minimum atomic E-state index is 0.0254. The quantitative estimate of drug-likeness (QED) is 0.578. The number of aryl methyl sites for hydroxylation is 1. The van der Waals surface area contributed by atoms with Gasteiger partial charge in [0.25, 0.3) is 0 Å². The molecule has 8 heteroatoms. The summed E-state index contributed by atoms with van der Waals surface area (Å²) in [6.07, 6.45) is 5.47. The van der Waals surface area contributed by atoms with Gasteiger partial charge in [-0.25, -0.2) is 0 Å². The van der Waals surface area contributed by atoms with Crippen molar-refractivity contribution in [2.45, 2.75) is 57.8 Å². The fourth-order valence-electron chi connectivity index (χ4n) is 5.70. The largest absolute Gasteiger partial charge is 0.379 e. The first kappa shape index (κ1) is 23.7.